The molecule has 0 unspecified atom stereocenters. The van der Waals surface area contributed by atoms with Crippen LogP contribution < -0.4 is 0 Å². The smallest absolute Gasteiger partial charge is 0.352 e. The summed E-state index contributed by atoms with van der Waals surface area (Å²) in [5.74, 6) is -0.918. The Hall–Kier alpha value is -2.10. The van der Waals surface area contributed by atoms with Crippen LogP contribution >= 0.6 is 0 Å². The first-order chi connectivity index (χ1) is 7.68. The zero-order chi connectivity index (χ0) is 11.5. The zero-order valence-corrected chi connectivity index (χ0v) is 8.92. The topological polar surface area (TPSA) is 55.1 Å². The number of carboxylic acids is 1. The monoisotopic (exact) mass is 216 g/mol. The van der Waals surface area contributed by atoms with Gasteiger partial charge in [-0.25, -0.2) is 4.79 Å². The average molecular weight is 216 g/mol. The van der Waals surface area contributed by atoms with Gasteiger partial charge in [0.15, 0.2) is 0 Å². The summed E-state index contributed by atoms with van der Waals surface area (Å²) in [6.45, 7) is 2.45. The maximum Gasteiger partial charge on any atom is 0.352 e. The van der Waals surface area contributed by atoms with E-state index in [4.69, 9.17) is 5.11 Å². The van der Waals surface area contributed by atoms with E-state index in [2.05, 4.69) is 4.98 Å². The summed E-state index contributed by atoms with van der Waals surface area (Å²) >= 11 is 0. The Kier molecular flexibility index (Phi) is 2.72. The van der Waals surface area contributed by atoms with Crippen molar-refractivity contribution in [2.45, 2.75) is 13.5 Å². The standard InChI is InChI=1S/C12H12N2O2/c1-9-4-2-6-13-10(9)8-14-7-3-5-11(14)12(15)16/h2-7H,8H2,1H3,(H,15,16). The van der Waals surface area contributed by atoms with Crippen molar-refractivity contribution >= 4 is 5.97 Å². The number of pyridine rings is 1. The third-order valence-corrected chi connectivity index (χ3v) is 2.49. The van der Waals surface area contributed by atoms with Crippen molar-refractivity contribution in [1.82, 2.24) is 9.55 Å². The largest absolute Gasteiger partial charge is 0.477 e. The molecular formula is C12H12N2O2. The van der Waals surface area contributed by atoms with Gasteiger partial charge in [0.25, 0.3) is 0 Å². The molecule has 4 nitrogen and oxygen atoms in total. The number of hydrogen-bond donors (Lipinski definition) is 1. The Labute approximate surface area is 93.2 Å². The lowest BCUT2D eigenvalue weighted by molar-refractivity contribution is 0.0685. The third kappa shape index (κ3) is 1.95. The minimum absolute atomic E-state index is 0.282. The van der Waals surface area contributed by atoms with E-state index in [0.717, 1.165) is 11.3 Å². The molecule has 2 heterocycles. The second-order valence-electron chi connectivity index (χ2n) is 3.59. The second-order valence-corrected chi connectivity index (χ2v) is 3.59. The summed E-state index contributed by atoms with van der Waals surface area (Å²) in [5.41, 5.74) is 2.23. The van der Waals surface area contributed by atoms with Crippen LogP contribution in [0.2, 0.25) is 0 Å². The molecule has 0 radical (unpaired) electrons. The van der Waals surface area contributed by atoms with Crippen LogP contribution in [0, 0.1) is 6.92 Å². The average Bonchev–Trinajstić information content (AvgIpc) is 2.69. The highest BCUT2D eigenvalue weighted by Gasteiger charge is 2.09. The van der Waals surface area contributed by atoms with Gasteiger partial charge in [0.1, 0.15) is 5.69 Å². The number of carboxylic acid groups (broad SMARTS) is 1. The van der Waals surface area contributed by atoms with Crippen LogP contribution in [0.1, 0.15) is 21.7 Å². The third-order valence-electron chi connectivity index (χ3n) is 2.49. The molecule has 0 fully saturated rings. The minimum atomic E-state index is -0.918. The second kappa shape index (κ2) is 4.18. The molecular weight excluding hydrogens is 204 g/mol. The van der Waals surface area contributed by atoms with Crippen LogP contribution in [-0.4, -0.2) is 20.6 Å². The van der Waals surface area contributed by atoms with Crippen molar-refractivity contribution in [2.24, 2.45) is 0 Å². The molecule has 0 atom stereocenters. The minimum Gasteiger partial charge on any atom is -0.477 e. The first kappa shape index (κ1) is 10.4. The number of hydrogen-bond acceptors (Lipinski definition) is 2. The molecule has 0 aliphatic carbocycles. The fraction of sp³-hybridized carbons (Fsp3) is 0.167. The van der Waals surface area contributed by atoms with Crippen LogP contribution in [0.15, 0.2) is 36.7 Å². The van der Waals surface area contributed by atoms with Crippen LogP contribution in [-0.2, 0) is 6.54 Å². The maximum atomic E-state index is 10.9. The first-order valence-electron chi connectivity index (χ1n) is 4.97. The Bertz CT molecular complexity index is 517. The molecule has 0 aromatic carbocycles. The molecule has 0 aliphatic heterocycles. The van der Waals surface area contributed by atoms with Crippen molar-refractivity contribution in [3.05, 3.63) is 53.6 Å². The molecule has 1 N–H and O–H groups in total. The molecule has 2 aromatic heterocycles. The summed E-state index contributed by atoms with van der Waals surface area (Å²) in [7, 11) is 0. The van der Waals surface area contributed by atoms with Crippen molar-refractivity contribution in [2.75, 3.05) is 0 Å². The highest BCUT2D eigenvalue weighted by atomic mass is 16.4. The van der Waals surface area contributed by atoms with Gasteiger partial charge in [-0.1, -0.05) is 6.07 Å². The molecule has 0 amide bonds. The van der Waals surface area contributed by atoms with E-state index in [0.29, 0.717) is 6.54 Å². The molecule has 2 aromatic rings. The Morgan fingerprint density at radius 2 is 2.25 bits per heavy atom. The number of nitrogens with zero attached hydrogens (tertiary/aromatic N) is 2. The molecule has 0 bridgehead atoms. The Balaban J connectivity index is 2.31. The van der Waals surface area contributed by atoms with Gasteiger partial charge in [0.05, 0.1) is 12.2 Å². The molecule has 0 saturated carbocycles. The zero-order valence-electron chi connectivity index (χ0n) is 8.92. The van der Waals surface area contributed by atoms with E-state index in [1.807, 2.05) is 19.1 Å². The summed E-state index contributed by atoms with van der Waals surface area (Å²) < 4.78 is 1.68. The summed E-state index contributed by atoms with van der Waals surface area (Å²) in [5, 5.41) is 8.96. The van der Waals surface area contributed by atoms with Crippen LogP contribution in [0.5, 0.6) is 0 Å². The van der Waals surface area contributed by atoms with E-state index < -0.39 is 5.97 Å². The first-order valence-corrected chi connectivity index (χ1v) is 4.97. The van der Waals surface area contributed by atoms with Crippen molar-refractivity contribution in [3.8, 4) is 0 Å². The lowest BCUT2D eigenvalue weighted by Gasteiger charge is -2.07. The lowest BCUT2D eigenvalue weighted by Crippen LogP contribution is -2.10. The molecule has 2 rings (SSSR count). The number of carbonyl (C=O) groups is 1. The number of rotatable bonds is 3. The van der Waals surface area contributed by atoms with Crippen LogP contribution in [0.3, 0.4) is 0 Å². The number of aryl methyl sites for hydroxylation is 1. The van der Waals surface area contributed by atoms with Gasteiger partial charge in [-0.3, -0.25) is 4.98 Å². The van der Waals surface area contributed by atoms with Crippen LogP contribution in [0.4, 0.5) is 0 Å². The van der Waals surface area contributed by atoms with Crippen molar-refractivity contribution in [1.29, 1.82) is 0 Å². The predicted molar refractivity (Wildman–Crippen MR) is 59.5 cm³/mol. The quantitative estimate of drug-likeness (QED) is 0.853. The maximum absolute atomic E-state index is 10.9. The highest BCUT2D eigenvalue weighted by Crippen LogP contribution is 2.09. The van der Waals surface area contributed by atoms with E-state index in [1.54, 1.807) is 29.1 Å². The SMILES string of the molecule is Cc1cccnc1Cn1cccc1C(=O)O. The number of aromatic nitrogens is 2. The van der Waals surface area contributed by atoms with Crippen molar-refractivity contribution < 1.29 is 9.90 Å². The predicted octanol–water partition coefficient (Wildman–Crippen LogP) is 1.94. The molecule has 82 valence electrons. The summed E-state index contributed by atoms with van der Waals surface area (Å²) in [6, 6.07) is 7.14. The van der Waals surface area contributed by atoms with Gasteiger partial charge < -0.3 is 9.67 Å². The Morgan fingerprint density at radius 1 is 1.44 bits per heavy atom. The van der Waals surface area contributed by atoms with Gasteiger partial charge in [-0.15, -0.1) is 0 Å². The lowest BCUT2D eigenvalue weighted by atomic mass is 10.2. The summed E-state index contributed by atoms with van der Waals surface area (Å²) in [6.07, 6.45) is 3.46. The van der Waals surface area contributed by atoms with E-state index in [9.17, 15) is 4.79 Å². The molecule has 0 spiro atoms. The van der Waals surface area contributed by atoms with Gasteiger partial charge in [0.2, 0.25) is 0 Å². The number of aromatic carboxylic acids is 1. The summed E-state index contributed by atoms with van der Waals surface area (Å²) in [4.78, 5) is 15.2. The molecule has 0 saturated heterocycles. The fourth-order valence-corrected chi connectivity index (χ4v) is 1.59. The van der Waals surface area contributed by atoms with E-state index >= 15 is 0 Å². The Morgan fingerprint density at radius 3 is 2.94 bits per heavy atom. The highest BCUT2D eigenvalue weighted by molar-refractivity contribution is 5.85. The van der Waals surface area contributed by atoms with Crippen LogP contribution in [0.25, 0.3) is 0 Å². The normalized spacial score (nSPS) is 10.3. The van der Waals surface area contributed by atoms with Crippen molar-refractivity contribution in [3.63, 3.8) is 0 Å². The fourth-order valence-electron chi connectivity index (χ4n) is 1.59. The van der Waals surface area contributed by atoms with Gasteiger partial charge in [-0.05, 0) is 30.7 Å². The van der Waals surface area contributed by atoms with Gasteiger partial charge >= 0.3 is 5.97 Å². The van der Waals surface area contributed by atoms with Gasteiger partial charge in [-0.2, -0.15) is 0 Å². The van der Waals surface area contributed by atoms with E-state index in [1.165, 1.54) is 0 Å². The molecule has 0 aliphatic rings. The van der Waals surface area contributed by atoms with E-state index in [-0.39, 0.29) is 5.69 Å². The van der Waals surface area contributed by atoms with Gasteiger partial charge in [0, 0.05) is 12.4 Å². The molecule has 4 heteroatoms. The molecule has 16 heavy (non-hydrogen) atoms.